The SMILES string of the molecule is COc1ccc(Nc2nc(NN=Cc3ccc4c(c3)OCO4)nc(Nc3ccc([N+](=O)[O-])cc3)n2)cc1. The molecule has 0 bridgehead atoms. The number of nitro groups is 1. The van der Waals surface area contributed by atoms with Crippen molar-refractivity contribution in [3.63, 3.8) is 0 Å². The van der Waals surface area contributed by atoms with Gasteiger partial charge in [-0.15, -0.1) is 0 Å². The van der Waals surface area contributed by atoms with Crippen LogP contribution in [0.2, 0.25) is 0 Å². The Morgan fingerprint density at radius 2 is 1.51 bits per heavy atom. The van der Waals surface area contributed by atoms with E-state index in [-0.39, 0.29) is 30.3 Å². The summed E-state index contributed by atoms with van der Waals surface area (Å²) >= 11 is 0. The summed E-state index contributed by atoms with van der Waals surface area (Å²) in [6.07, 6.45) is 1.59. The second-order valence-electron chi connectivity index (χ2n) is 7.57. The maximum atomic E-state index is 10.9. The number of rotatable bonds is 9. The third kappa shape index (κ3) is 5.79. The molecule has 0 unspecified atom stereocenters. The molecule has 2 heterocycles. The number of non-ortho nitro benzene ring substituents is 1. The highest BCUT2D eigenvalue weighted by molar-refractivity contribution is 5.81. The maximum Gasteiger partial charge on any atom is 0.269 e. The number of aromatic nitrogens is 3. The Bertz CT molecular complexity index is 1440. The van der Waals surface area contributed by atoms with Gasteiger partial charge in [0.2, 0.25) is 24.6 Å². The number of nitrogens with zero attached hydrogens (tertiary/aromatic N) is 5. The molecule has 0 atom stereocenters. The van der Waals surface area contributed by atoms with Gasteiger partial charge in [-0.1, -0.05) is 0 Å². The third-order valence-electron chi connectivity index (χ3n) is 5.09. The molecule has 5 rings (SSSR count). The minimum Gasteiger partial charge on any atom is -0.497 e. The summed E-state index contributed by atoms with van der Waals surface area (Å²) in [6.45, 7) is 0.188. The first-order valence-electron chi connectivity index (χ1n) is 10.9. The Morgan fingerprint density at radius 1 is 0.892 bits per heavy atom. The van der Waals surface area contributed by atoms with Crippen molar-refractivity contribution in [2.45, 2.75) is 0 Å². The Labute approximate surface area is 210 Å². The molecule has 0 aliphatic carbocycles. The Kier molecular flexibility index (Phi) is 6.57. The lowest BCUT2D eigenvalue weighted by atomic mass is 10.2. The second kappa shape index (κ2) is 10.4. The third-order valence-corrected chi connectivity index (χ3v) is 5.09. The van der Waals surface area contributed by atoms with Crippen molar-refractivity contribution in [3.05, 3.63) is 82.4 Å². The lowest BCUT2D eigenvalue weighted by Crippen LogP contribution is -2.07. The number of benzene rings is 3. The molecule has 4 aromatic rings. The molecule has 0 amide bonds. The highest BCUT2D eigenvalue weighted by Gasteiger charge is 2.13. The van der Waals surface area contributed by atoms with Crippen molar-refractivity contribution in [2.75, 3.05) is 30.0 Å². The van der Waals surface area contributed by atoms with Gasteiger partial charge in [-0.25, -0.2) is 5.43 Å². The average Bonchev–Trinajstić information content (AvgIpc) is 3.37. The summed E-state index contributed by atoms with van der Waals surface area (Å²) < 4.78 is 15.9. The van der Waals surface area contributed by atoms with E-state index in [1.165, 1.54) is 12.1 Å². The number of nitrogens with one attached hydrogen (secondary N) is 3. The van der Waals surface area contributed by atoms with Gasteiger partial charge in [0.05, 0.1) is 18.2 Å². The van der Waals surface area contributed by atoms with E-state index in [0.717, 1.165) is 11.3 Å². The molecule has 13 heteroatoms. The highest BCUT2D eigenvalue weighted by Crippen LogP contribution is 2.32. The Balaban J connectivity index is 1.37. The number of fused-ring (bicyclic) bond motifs is 1. The maximum absolute atomic E-state index is 10.9. The zero-order valence-electron chi connectivity index (χ0n) is 19.4. The summed E-state index contributed by atoms with van der Waals surface area (Å²) in [5.41, 5.74) is 4.84. The standard InChI is InChI=1S/C24H20N8O5/c1-35-19-9-5-17(6-10-19)27-23-28-22(26-16-3-7-18(8-4-16)32(33)34)29-24(30-23)31-25-13-15-2-11-20-21(12-15)37-14-36-20/h2-13H,14H2,1H3,(H3,26,27,28,29,30,31). The minimum atomic E-state index is -0.468. The highest BCUT2D eigenvalue weighted by atomic mass is 16.7. The lowest BCUT2D eigenvalue weighted by molar-refractivity contribution is -0.384. The van der Waals surface area contributed by atoms with Crippen molar-refractivity contribution in [1.29, 1.82) is 0 Å². The van der Waals surface area contributed by atoms with Gasteiger partial charge in [-0.05, 0) is 60.2 Å². The summed E-state index contributed by atoms with van der Waals surface area (Å²) in [6, 6.07) is 18.6. The van der Waals surface area contributed by atoms with Gasteiger partial charge in [0.1, 0.15) is 5.75 Å². The van der Waals surface area contributed by atoms with Crippen LogP contribution >= 0.6 is 0 Å². The van der Waals surface area contributed by atoms with Crippen molar-refractivity contribution in [1.82, 2.24) is 15.0 Å². The van der Waals surface area contributed by atoms with Crippen LogP contribution in [0.4, 0.5) is 34.9 Å². The van der Waals surface area contributed by atoms with Crippen LogP contribution in [0, 0.1) is 10.1 Å². The Morgan fingerprint density at radius 3 is 2.16 bits per heavy atom. The van der Waals surface area contributed by atoms with Gasteiger partial charge in [0, 0.05) is 23.5 Å². The predicted octanol–water partition coefficient (Wildman–Crippen LogP) is 4.45. The van der Waals surface area contributed by atoms with Gasteiger partial charge >= 0.3 is 0 Å². The van der Waals surface area contributed by atoms with Crippen molar-refractivity contribution < 1.29 is 19.1 Å². The predicted molar refractivity (Wildman–Crippen MR) is 136 cm³/mol. The van der Waals surface area contributed by atoms with Gasteiger partial charge in [0.15, 0.2) is 11.5 Å². The smallest absolute Gasteiger partial charge is 0.269 e. The number of hydrogen-bond donors (Lipinski definition) is 3. The topological polar surface area (TPSA) is 158 Å². The molecule has 0 radical (unpaired) electrons. The fraction of sp³-hybridized carbons (Fsp3) is 0.0833. The minimum absolute atomic E-state index is 0.0248. The van der Waals surface area contributed by atoms with Crippen LogP contribution in [-0.4, -0.2) is 40.0 Å². The zero-order chi connectivity index (χ0) is 25.6. The van der Waals surface area contributed by atoms with Crippen LogP contribution in [0.15, 0.2) is 71.8 Å². The van der Waals surface area contributed by atoms with E-state index >= 15 is 0 Å². The summed E-state index contributed by atoms with van der Waals surface area (Å²) in [5, 5.41) is 21.3. The molecule has 13 nitrogen and oxygen atoms in total. The number of ether oxygens (including phenoxy) is 3. The first-order chi connectivity index (χ1) is 18.1. The Hall–Kier alpha value is -5.46. The summed E-state index contributed by atoms with van der Waals surface area (Å²) in [7, 11) is 1.59. The molecule has 3 N–H and O–H groups in total. The van der Waals surface area contributed by atoms with Crippen molar-refractivity contribution >= 4 is 41.1 Å². The number of hydrogen-bond acceptors (Lipinski definition) is 12. The molecular weight excluding hydrogens is 480 g/mol. The largest absolute Gasteiger partial charge is 0.497 e. The number of methoxy groups -OCH3 is 1. The first-order valence-corrected chi connectivity index (χ1v) is 10.9. The molecule has 0 saturated heterocycles. The zero-order valence-corrected chi connectivity index (χ0v) is 19.4. The van der Waals surface area contributed by atoms with E-state index in [9.17, 15) is 10.1 Å². The number of hydrazone groups is 1. The molecule has 186 valence electrons. The van der Waals surface area contributed by atoms with E-state index in [1.54, 1.807) is 49.7 Å². The summed E-state index contributed by atoms with van der Waals surface area (Å²) in [5.74, 6) is 2.63. The van der Waals surface area contributed by atoms with Crippen LogP contribution in [-0.2, 0) is 0 Å². The molecule has 1 aliphatic rings. The van der Waals surface area contributed by atoms with E-state index in [0.29, 0.717) is 22.9 Å². The van der Waals surface area contributed by atoms with E-state index < -0.39 is 4.92 Å². The fourth-order valence-corrected chi connectivity index (χ4v) is 3.29. The van der Waals surface area contributed by atoms with Gasteiger partial charge < -0.3 is 24.8 Å². The molecule has 1 aromatic heterocycles. The van der Waals surface area contributed by atoms with E-state index in [1.807, 2.05) is 18.2 Å². The molecule has 1 aliphatic heterocycles. The normalized spacial score (nSPS) is 11.8. The number of nitro benzene ring substituents is 1. The average molecular weight is 500 g/mol. The van der Waals surface area contributed by atoms with Gasteiger partial charge in [-0.3, -0.25) is 10.1 Å². The van der Waals surface area contributed by atoms with Crippen LogP contribution < -0.4 is 30.3 Å². The molecular formula is C24H20N8O5. The van der Waals surface area contributed by atoms with Crippen molar-refractivity contribution in [2.24, 2.45) is 5.10 Å². The quantitative estimate of drug-likeness (QED) is 0.169. The molecule has 3 aromatic carbocycles. The number of anilines is 5. The van der Waals surface area contributed by atoms with Crippen LogP contribution in [0.25, 0.3) is 0 Å². The molecule has 0 spiro atoms. The van der Waals surface area contributed by atoms with Crippen LogP contribution in [0.3, 0.4) is 0 Å². The second-order valence-corrected chi connectivity index (χ2v) is 7.57. The van der Waals surface area contributed by atoms with Gasteiger partial charge in [0.25, 0.3) is 5.69 Å². The van der Waals surface area contributed by atoms with Crippen LogP contribution in [0.5, 0.6) is 17.2 Å². The van der Waals surface area contributed by atoms with Crippen molar-refractivity contribution in [3.8, 4) is 17.2 Å². The van der Waals surface area contributed by atoms with Crippen LogP contribution in [0.1, 0.15) is 5.56 Å². The fourth-order valence-electron chi connectivity index (χ4n) is 3.29. The van der Waals surface area contributed by atoms with E-state index in [2.05, 4.69) is 36.1 Å². The molecule has 0 saturated carbocycles. The molecule has 37 heavy (non-hydrogen) atoms. The van der Waals surface area contributed by atoms with E-state index in [4.69, 9.17) is 14.2 Å². The molecule has 0 fully saturated rings. The summed E-state index contributed by atoms with van der Waals surface area (Å²) in [4.78, 5) is 23.6. The lowest BCUT2D eigenvalue weighted by Gasteiger charge is -2.10. The monoisotopic (exact) mass is 500 g/mol. The van der Waals surface area contributed by atoms with Gasteiger partial charge in [-0.2, -0.15) is 20.1 Å². The first kappa shape index (κ1) is 23.3.